The lowest BCUT2D eigenvalue weighted by Crippen LogP contribution is -2.47. The predicted octanol–water partition coefficient (Wildman–Crippen LogP) is 5.63. The number of carbonyl (C=O) groups is 2. The molecule has 2 aromatic heterocycles. The van der Waals surface area contributed by atoms with Gasteiger partial charge in [-0.3, -0.25) is 14.5 Å². The normalized spacial score (nSPS) is 15.3. The number of benzene rings is 1. The molecule has 3 aromatic rings. The Morgan fingerprint density at radius 1 is 1.00 bits per heavy atom. The van der Waals surface area contributed by atoms with E-state index in [-0.39, 0.29) is 17.7 Å². The summed E-state index contributed by atoms with van der Waals surface area (Å²) < 4.78 is 11.3. The van der Waals surface area contributed by atoms with E-state index < -0.39 is 11.9 Å². The molecule has 1 atom stereocenters. The van der Waals surface area contributed by atoms with Crippen LogP contribution in [-0.2, 0) is 4.79 Å². The molecule has 1 aliphatic carbocycles. The van der Waals surface area contributed by atoms with Gasteiger partial charge >= 0.3 is 0 Å². The van der Waals surface area contributed by atoms with Crippen LogP contribution in [0.1, 0.15) is 71.3 Å². The van der Waals surface area contributed by atoms with Crippen molar-refractivity contribution in [3.63, 3.8) is 0 Å². The van der Waals surface area contributed by atoms with Crippen molar-refractivity contribution in [1.82, 2.24) is 5.32 Å². The van der Waals surface area contributed by atoms with Crippen LogP contribution in [0.15, 0.2) is 57.6 Å². The average Bonchev–Trinajstić information content (AvgIpc) is 3.46. The lowest BCUT2D eigenvalue weighted by Gasteiger charge is -2.32. The quantitative estimate of drug-likeness (QED) is 0.545. The molecule has 1 saturated carbocycles. The van der Waals surface area contributed by atoms with Gasteiger partial charge in [-0.15, -0.1) is 0 Å². The van der Waals surface area contributed by atoms with Gasteiger partial charge in [-0.25, -0.2) is 0 Å². The van der Waals surface area contributed by atoms with Crippen LogP contribution in [0.5, 0.6) is 0 Å². The van der Waals surface area contributed by atoms with Crippen molar-refractivity contribution >= 4 is 17.5 Å². The van der Waals surface area contributed by atoms with Crippen LogP contribution in [0.25, 0.3) is 0 Å². The Bertz CT molecular complexity index is 1080. The van der Waals surface area contributed by atoms with Gasteiger partial charge in [-0.1, -0.05) is 25.3 Å². The first-order valence-electron chi connectivity index (χ1n) is 11.2. The molecule has 168 valence electrons. The Kier molecular flexibility index (Phi) is 6.49. The van der Waals surface area contributed by atoms with Crippen molar-refractivity contribution in [3.05, 3.63) is 77.1 Å². The van der Waals surface area contributed by atoms with E-state index in [2.05, 4.69) is 5.32 Å². The Hall–Kier alpha value is -3.28. The van der Waals surface area contributed by atoms with E-state index in [0.29, 0.717) is 17.2 Å². The fourth-order valence-corrected chi connectivity index (χ4v) is 4.28. The van der Waals surface area contributed by atoms with Gasteiger partial charge in [0.15, 0.2) is 11.8 Å². The van der Waals surface area contributed by atoms with Gasteiger partial charge < -0.3 is 14.2 Å². The van der Waals surface area contributed by atoms with E-state index >= 15 is 0 Å². The number of hydrogen-bond donors (Lipinski definition) is 1. The summed E-state index contributed by atoms with van der Waals surface area (Å²) in [6, 6.07) is 11.7. The van der Waals surface area contributed by atoms with E-state index in [9.17, 15) is 9.59 Å². The second-order valence-corrected chi connectivity index (χ2v) is 8.62. The van der Waals surface area contributed by atoms with Crippen molar-refractivity contribution in [1.29, 1.82) is 0 Å². The molecule has 0 radical (unpaired) electrons. The molecule has 0 bridgehead atoms. The number of aryl methyl sites for hydroxylation is 3. The smallest absolute Gasteiger partial charge is 0.295 e. The van der Waals surface area contributed by atoms with Gasteiger partial charge in [-0.2, -0.15) is 0 Å². The number of nitrogens with one attached hydrogen (secondary N) is 1. The van der Waals surface area contributed by atoms with Crippen molar-refractivity contribution < 1.29 is 18.4 Å². The standard InChI is InChI=1S/C26H30N2O4/c1-17-11-13-21(16-18(17)2)28(26(30)23-10-7-15-31-23)24(22-14-12-19(3)32-22)25(29)27-20-8-5-4-6-9-20/h7,10-16,20,24H,4-6,8-9H2,1-3H3,(H,27,29). The van der Waals surface area contributed by atoms with Crippen LogP contribution in [0, 0.1) is 20.8 Å². The number of anilines is 1. The van der Waals surface area contributed by atoms with Gasteiger partial charge in [0.1, 0.15) is 11.5 Å². The monoisotopic (exact) mass is 434 g/mol. The summed E-state index contributed by atoms with van der Waals surface area (Å²) in [6.45, 7) is 5.83. The largest absolute Gasteiger partial charge is 0.464 e. The van der Waals surface area contributed by atoms with E-state index in [1.165, 1.54) is 17.6 Å². The van der Waals surface area contributed by atoms with Crippen LogP contribution >= 0.6 is 0 Å². The molecule has 32 heavy (non-hydrogen) atoms. The maximum atomic E-state index is 13.7. The molecule has 4 rings (SSSR count). The summed E-state index contributed by atoms with van der Waals surface area (Å²) in [5.74, 6) is 0.636. The van der Waals surface area contributed by atoms with Crippen molar-refractivity contribution in [2.24, 2.45) is 0 Å². The third kappa shape index (κ3) is 4.64. The molecule has 6 heteroatoms. The van der Waals surface area contributed by atoms with Gasteiger partial charge in [-0.05, 0) is 81.1 Å². The number of carbonyl (C=O) groups excluding carboxylic acids is 2. The molecule has 1 N–H and O–H groups in total. The fourth-order valence-electron chi connectivity index (χ4n) is 4.28. The number of rotatable bonds is 6. The van der Waals surface area contributed by atoms with Gasteiger partial charge in [0.05, 0.1) is 6.26 Å². The zero-order valence-electron chi connectivity index (χ0n) is 18.9. The summed E-state index contributed by atoms with van der Waals surface area (Å²) in [4.78, 5) is 28.8. The molecular formula is C26H30N2O4. The van der Waals surface area contributed by atoms with Gasteiger partial charge in [0.2, 0.25) is 0 Å². The van der Waals surface area contributed by atoms with Crippen LogP contribution in [0.2, 0.25) is 0 Å². The minimum atomic E-state index is -0.953. The number of hydrogen-bond acceptors (Lipinski definition) is 4. The third-order valence-electron chi connectivity index (χ3n) is 6.21. The molecule has 2 amide bonds. The van der Waals surface area contributed by atoms with Crippen LogP contribution in [-0.4, -0.2) is 17.9 Å². The van der Waals surface area contributed by atoms with Crippen LogP contribution in [0.3, 0.4) is 0 Å². The second kappa shape index (κ2) is 9.47. The topological polar surface area (TPSA) is 75.7 Å². The zero-order chi connectivity index (χ0) is 22.7. The van der Waals surface area contributed by atoms with Crippen LogP contribution in [0.4, 0.5) is 5.69 Å². The minimum Gasteiger partial charge on any atom is -0.464 e. The summed E-state index contributed by atoms with van der Waals surface area (Å²) in [7, 11) is 0. The number of furan rings is 2. The molecule has 1 unspecified atom stereocenters. The SMILES string of the molecule is Cc1ccc(C(C(=O)NC2CCCCC2)N(C(=O)c2ccco2)c2ccc(C)c(C)c2)o1. The average molecular weight is 435 g/mol. The lowest BCUT2D eigenvalue weighted by atomic mass is 9.95. The maximum Gasteiger partial charge on any atom is 0.295 e. The molecule has 1 aromatic carbocycles. The highest BCUT2D eigenvalue weighted by Gasteiger charge is 2.37. The molecule has 1 fully saturated rings. The van der Waals surface area contributed by atoms with Crippen molar-refractivity contribution in [2.75, 3.05) is 4.90 Å². The maximum absolute atomic E-state index is 13.7. The molecule has 0 aliphatic heterocycles. The first-order valence-corrected chi connectivity index (χ1v) is 11.2. The molecule has 0 saturated heterocycles. The van der Waals surface area contributed by atoms with Gasteiger partial charge in [0, 0.05) is 11.7 Å². The summed E-state index contributed by atoms with van der Waals surface area (Å²) in [6.07, 6.45) is 6.75. The van der Waals surface area contributed by atoms with E-state index in [1.807, 2.05) is 45.0 Å². The molecule has 6 nitrogen and oxygen atoms in total. The van der Waals surface area contributed by atoms with Crippen molar-refractivity contribution in [3.8, 4) is 0 Å². The van der Waals surface area contributed by atoms with Crippen molar-refractivity contribution in [2.45, 2.75) is 65.0 Å². The predicted molar refractivity (Wildman–Crippen MR) is 123 cm³/mol. The first-order chi connectivity index (χ1) is 15.4. The van der Waals surface area contributed by atoms with E-state index in [0.717, 1.165) is 36.8 Å². The highest BCUT2D eigenvalue weighted by molar-refractivity contribution is 6.08. The molecular weight excluding hydrogens is 404 g/mol. The summed E-state index contributed by atoms with van der Waals surface area (Å²) >= 11 is 0. The summed E-state index contributed by atoms with van der Waals surface area (Å²) in [5.41, 5.74) is 2.75. The number of amides is 2. The second-order valence-electron chi connectivity index (χ2n) is 8.62. The Labute approximate surface area is 188 Å². The fraction of sp³-hybridized carbons (Fsp3) is 0.385. The highest BCUT2D eigenvalue weighted by atomic mass is 16.3. The number of nitrogens with zero attached hydrogens (tertiary/aromatic N) is 1. The summed E-state index contributed by atoms with van der Waals surface area (Å²) in [5, 5.41) is 3.18. The van der Waals surface area contributed by atoms with Crippen LogP contribution < -0.4 is 10.2 Å². The molecule has 2 heterocycles. The van der Waals surface area contributed by atoms with E-state index in [1.54, 1.807) is 18.2 Å². The van der Waals surface area contributed by atoms with Gasteiger partial charge in [0.25, 0.3) is 11.8 Å². The van der Waals surface area contributed by atoms with E-state index in [4.69, 9.17) is 8.83 Å². The lowest BCUT2D eigenvalue weighted by molar-refractivity contribution is -0.123. The Morgan fingerprint density at radius 2 is 1.78 bits per heavy atom. The zero-order valence-corrected chi connectivity index (χ0v) is 18.9. The molecule has 1 aliphatic rings. The first kappa shape index (κ1) is 21.9. The Balaban J connectivity index is 1.78. The highest BCUT2D eigenvalue weighted by Crippen LogP contribution is 2.32. The third-order valence-corrected chi connectivity index (χ3v) is 6.21. The Morgan fingerprint density at radius 3 is 2.41 bits per heavy atom. The minimum absolute atomic E-state index is 0.107. The molecule has 0 spiro atoms.